The van der Waals surface area contributed by atoms with Crippen LogP contribution >= 0.6 is 0 Å². The standard InChI is InChI=1S/C25H19FN2O5/c1-32-23-12-17(7-10-22(23)33-15-16-5-8-20(26)9-6-16)11-19(14-27)24(29)28-21-4-2-3-18(13-21)25(30)31/h2-13H,15H2,1H3,(H,28,29)(H,30,31). The predicted octanol–water partition coefficient (Wildman–Crippen LogP) is 4.66. The van der Waals surface area contributed by atoms with Crippen LogP contribution in [0.25, 0.3) is 6.08 Å². The molecule has 3 rings (SSSR count). The lowest BCUT2D eigenvalue weighted by molar-refractivity contribution is -0.112. The van der Waals surface area contributed by atoms with Crippen LogP contribution in [0, 0.1) is 17.1 Å². The number of rotatable bonds is 8. The largest absolute Gasteiger partial charge is 0.493 e. The van der Waals surface area contributed by atoms with E-state index in [1.54, 1.807) is 30.3 Å². The quantitative estimate of drug-likeness (QED) is 0.385. The van der Waals surface area contributed by atoms with Gasteiger partial charge in [-0.25, -0.2) is 9.18 Å². The number of carbonyl (C=O) groups excluding carboxylic acids is 1. The number of amides is 1. The molecule has 33 heavy (non-hydrogen) atoms. The molecule has 0 saturated heterocycles. The molecule has 2 N–H and O–H groups in total. The van der Waals surface area contributed by atoms with Crippen molar-refractivity contribution in [2.75, 3.05) is 12.4 Å². The summed E-state index contributed by atoms with van der Waals surface area (Å²) in [5, 5.41) is 21.0. The normalized spacial score (nSPS) is 10.8. The van der Waals surface area contributed by atoms with Gasteiger partial charge in [0.1, 0.15) is 24.1 Å². The van der Waals surface area contributed by atoms with Crippen molar-refractivity contribution in [3.05, 3.63) is 94.8 Å². The Morgan fingerprint density at radius 2 is 1.85 bits per heavy atom. The lowest BCUT2D eigenvalue weighted by Crippen LogP contribution is -2.14. The zero-order chi connectivity index (χ0) is 23.8. The van der Waals surface area contributed by atoms with Crippen molar-refractivity contribution < 1.29 is 28.6 Å². The van der Waals surface area contributed by atoms with E-state index >= 15 is 0 Å². The van der Waals surface area contributed by atoms with Crippen LogP contribution in [-0.4, -0.2) is 24.1 Å². The molecule has 0 fully saturated rings. The van der Waals surface area contributed by atoms with Gasteiger partial charge in [0.05, 0.1) is 12.7 Å². The highest BCUT2D eigenvalue weighted by Gasteiger charge is 2.12. The first-order valence-corrected chi connectivity index (χ1v) is 9.71. The Bertz CT molecular complexity index is 1250. The number of nitrogens with one attached hydrogen (secondary N) is 1. The topological polar surface area (TPSA) is 109 Å². The third-order valence-corrected chi connectivity index (χ3v) is 4.54. The van der Waals surface area contributed by atoms with Crippen molar-refractivity contribution in [2.45, 2.75) is 6.61 Å². The molecule has 0 aliphatic carbocycles. The third-order valence-electron chi connectivity index (χ3n) is 4.54. The van der Waals surface area contributed by atoms with E-state index in [2.05, 4.69) is 5.32 Å². The molecule has 0 heterocycles. The fourth-order valence-corrected chi connectivity index (χ4v) is 2.88. The fraction of sp³-hybridized carbons (Fsp3) is 0.0800. The van der Waals surface area contributed by atoms with E-state index in [1.165, 1.54) is 49.6 Å². The number of carbonyl (C=O) groups is 2. The van der Waals surface area contributed by atoms with Gasteiger partial charge in [-0.05, 0) is 59.7 Å². The van der Waals surface area contributed by atoms with Gasteiger partial charge in [0.25, 0.3) is 5.91 Å². The summed E-state index contributed by atoms with van der Waals surface area (Å²) in [5.74, 6) is -1.32. The van der Waals surface area contributed by atoms with Crippen molar-refractivity contribution >= 4 is 23.6 Å². The van der Waals surface area contributed by atoms with E-state index in [0.29, 0.717) is 17.1 Å². The molecule has 0 aliphatic heterocycles. The van der Waals surface area contributed by atoms with Gasteiger partial charge in [0, 0.05) is 5.69 Å². The van der Waals surface area contributed by atoms with E-state index in [1.807, 2.05) is 6.07 Å². The minimum atomic E-state index is -1.13. The molecule has 0 atom stereocenters. The lowest BCUT2D eigenvalue weighted by Gasteiger charge is -2.12. The SMILES string of the molecule is COc1cc(C=C(C#N)C(=O)Nc2cccc(C(=O)O)c2)ccc1OCc1ccc(F)cc1. The monoisotopic (exact) mass is 446 g/mol. The Balaban J connectivity index is 1.75. The Labute approximate surface area is 189 Å². The minimum Gasteiger partial charge on any atom is -0.493 e. The molecule has 0 aromatic heterocycles. The Morgan fingerprint density at radius 3 is 2.52 bits per heavy atom. The Kier molecular flexibility index (Phi) is 7.39. The third kappa shape index (κ3) is 6.18. The predicted molar refractivity (Wildman–Crippen MR) is 119 cm³/mol. The van der Waals surface area contributed by atoms with Crippen LogP contribution < -0.4 is 14.8 Å². The fourth-order valence-electron chi connectivity index (χ4n) is 2.88. The van der Waals surface area contributed by atoms with Crippen LogP contribution in [0.1, 0.15) is 21.5 Å². The zero-order valence-electron chi connectivity index (χ0n) is 17.5. The number of nitriles is 1. The number of aromatic carboxylic acids is 1. The summed E-state index contributed by atoms with van der Waals surface area (Å²) in [6.07, 6.45) is 1.38. The van der Waals surface area contributed by atoms with Gasteiger partial charge < -0.3 is 19.9 Å². The molecule has 1 amide bonds. The minimum absolute atomic E-state index is 0.0104. The molecule has 0 aliphatic rings. The number of carboxylic acids is 1. The second-order valence-electron chi connectivity index (χ2n) is 6.84. The molecule has 7 nitrogen and oxygen atoms in total. The molecule has 3 aromatic carbocycles. The van der Waals surface area contributed by atoms with Gasteiger partial charge in [-0.1, -0.05) is 24.3 Å². The average molecular weight is 446 g/mol. The summed E-state index contributed by atoms with van der Waals surface area (Å²) >= 11 is 0. The van der Waals surface area contributed by atoms with Crippen LogP contribution in [-0.2, 0) is 11.4 Å². The number of methoxy groups -OCH3 is 1. The summed E-state index contributed by atoms with van der Waals surface area (Å²) in [6, 6.07) is 18.4. The van der Waals surface area contributed by atoms with Crippen molar-refractivity contribution in [1.29, 1.82) is 5.26 Å². The Morgan fingerprint density at radius 1 is 1.09 bits per heavy atom. The summed E-state index contributed by atoms with van der Waals surface area (Å²) in [4.78, 5) is 23.6. The first-order valence-electron chi connectivity index (χ1n) is 9.71. The number of hydrogen-bond acceptors (Lipinski definition) is 5. The van der Waals surface area contributed by atoms with Crippen LogP contribution in [0.5, 0.6) is 11.5 Å². The molecule has 3 aromatic rings. The van der Waals surface area contributed by atoms with E-state index in [9.17, 15) is 19.2 Å². The van der Waals surface area contributed by atoms with Gasteiger partial charge in [-0.2, -0.15) is 5.26 Å². The lowest BCUT2D eigenvalue weighted by atomic mass is 10.1. The van der Waals surface area contributed by atoms with Gasteiger partial charge in [-0.3, -0.25) is 4.79 Å². The van der Waals surface area contributed by atoms with E-state index in [0.717, 1.165) is 5.56 Å². The molecule has 166 valence electrons. The number of anilines is 1. The molecule has 0 spiro atoms. The smallest absolute Gasteiger partial charge is 0.335 e. The summed E-state index contributed by atoms with van der Waals surface area (Å²) in [6.45, 7) is 0.201. The molecule has 8 heteroatoms. The van der Waals surface area contributed by atoms with Gasteiger partial charge in [0.15, 0.2) is 11.5 Å². The number of carboxylic acid groups (broad SMARTS) is 1. The summed E-state index contributed by atoms with van der Waals surface area (Å²) in [7, 11) is 1.46. The summed E-state index contributed by atoms with van der Waals surface area (Å²) in [5.41, 5.74) is 1.38. The number of nitrogens with zero attached hydrogens (tertiary/aromatic N) is 1. The number of benzene rings is 3. The molecule has 0 unspecified atom stereocenters. The van der Waals surface area contributed by atoms with Gasteiger partial charge in [-0.15, -0.1) is 0 Å². The van der Waals surface area contributed by atoms with Crippen LogP contribution in [0.2, 0.25) is 0 Å². The highest BCUT2D eigenvalue weighted by Crippen LogP contribution is 2.30. The molecule has 0 saturated carbocycles. The first kappa shape index (κ1) is 23.0. The van der Waals surface area contributed by atoms with Crippen molar-refractivity contribution in [3.63, 3.8) is 0 Å². The van der Waals surface area contributed by atoms with Crippen LogP contribution in [0.4, 0.5) is 10.1 Å². The van der Waals surface area contributed by atoms with Gasteiger partial charge >= 0.3 is 5.97 Å². The maximum Gasteiger partial charge on any atom is 0.335 e. The number of halogens is 1. The van der Waals surface area contributed by atoms with Crippen LogP contribution in [0.3, 0.4) is 0 Å². The number of hydrogen-bond donors (Lipinski definition) is 2. The van der Waals surface area contributed by atoms with Crippen molar-refractivity contribution in [2.24, 2.45) is 0 Å². The molecule has 0 bridgehead atoms. The van der Waals surface area contributed by atoms with E-state index < -0.39 is 11.9 Å². The molecular formula is C25H19FN2O5. The molecular weight excluding hydrogens is 427 g/mol. The Hall–Kier alpha value is -4.64. The summed E-state index contributed by atoms with van der Waals surface area (Å²) < 4.78 is 24.1. The highest BCUT2D eigenvalue weighted by atomic mass is 19.1. The van der Waals surface area contributed by atoms with Crippen molar-refractivity contribution in [3.8, 4) is 17.6 Å². The second kappa shape index (κ2) is 10.6. The highest BCUT2D eigenvalue weighted by molar-refractivity contribution is 6.10. The van der Waals surface area contributed by atoms with E-state index in [-0.39, 0.29) is 29.2 Å². The number of ether oxygens (including phenoxy) is 2. The van der Waals surface area contributed by atoms with Gasteiger partial charge in [0.2, 0.25) is 0 Å². The maximum atomic E-state index is 13.0. The van der Waals surface area contributed by atoms with Crippen LogP contribution in [0.15, 0.2) is 72.3 Å². The maximum absolute atomic E-state index is 13.0. The zero-order valence-corrected chi connectivity index (χ0v) is 17.5. The first-order chi connectivity index (χ1) is 15.9. The average Bonchev–Trinajstić information content (AvgIpc) is 2.82. The van der Waals surface area contributed by atoms with E-state index in [4.69, 9.17) is 14.6 Å². The second-order valence-corrected chi connectivity index (χ2v) is 6.84. The molecule has 0 radical (unpaired) electrons. The van der Waals surface area contributed by atoms with Crippen molar-refractivity contribution in [1.82, 2.24) is 0 Å².